The molecule has 0 spiro atoms. The molecule has 0 radical (unpaired) electrons. The van der Waals surface area contributed by atoms with Gasteiger partial charge in [0.1, 0.15) is 0 Å². The Morgan fingerprint density at radius 2 is 0.775 bits per heavy atom. The van der Waals surface area contributed by atoms with Crippen LogP contribution in [0.1, 0.15) is 22.3 Å². The Bertz CT molecular complexity index is 4180. The lowest BCUT2D eigenvalue weighted by molar-refractivity contribution is 1.24. The van der Waals surface area contributed by atoms with E-state index in [9.17, 15) is 0 Å². The molecule has 0 unspecified atom stereocenters. The first-order valence-electron chi connectivity index (χ1n) is 27.8. The van der Waals surface area contributed by atoms with E-state index in [0.29, 0.717) is 0 Å². The van der Waals surface area contributed by atoms with Gasteiger partial charge in [-0.25, -0.2) is 0 Å². The Balaban J connectivity index is 1.07. The zero-order chi connectivity index (χ0) is 53.8. The lowest BCUT2D eigenvalue weighted by atomic mass is 9.43. The maximum Gasteiger partial charge on any atom is 0.333 e. The quantitative estimate of drug-likeness (QED) is 0.126. The number of anilines is 8. The maximum absolute atomic E-state index is 2.63. The molecule has 2 aliphatic heterocycles. The number of nitrogens with zero attached hydrogens (tertiary/aromatic N) is 3. The van der Waals surface area contributed by atoms with Crippen LogP contribution in [0.4, 0.5) is 45.5 Å². The van der Waals surface area contributed by atoms with Crippen LogP contribution in [0.15, 0.2) is 279 Å². The van der Waals surface area contributed by atoms with Crippen molar-refractivity contribution in [2.45, 2.75) is 27.7 Å². The van der Waals surface area contributed by atoms with Gasteiger partial charge in [0.25, 0.3) is 0 Å². The van der Waals surface area contributed by atoms with Crippen LogP contribution in [-0.2, 0) is 0 Å². The molecular formula is C76H58BN3. The molecule has 80 heavy (non-hydrogen) atoms. The van der Waals surface area contributed by atoms with Crippen LogP contribution in [0.3, 0.4) is 0 Å². The molecule has 3 nitrogen and oxygen atoms in total. The van der Waals surface area contributed by atoms with E-state index in [1.165, 1.54) is 100 Å². The molecule has 0 aromatic heterocycles. The Morgan fingerprint density at radius 3 is 1.35 bits per heavy atom. The molecule has 14 rings (SSSR count). The summed E-state index contributed by atoms with van der Waals surface area (Å²) in [7, 11) is 0. The standard InChI is InChI=1S/C76H58BN3/c1-51-43-53(3)75(54(4)44-51)63-47-69-68-50-67(78(65-32-19-30-60(45-65)56-24-11-6-12-25-56)66-33-20-31-61(46-66)57-26-13-7-14-27-57)40-42-72(68)80(64-38-35-59(36-39-64)55-22-9-5-10-23-55)77-70-41-37-62(58-28-15-8-16-29-58)48-73(70)79(74(49-63)76(69)77)71-34-18-17-21-52(71)2/h5-50H,1-4H3. The lowest BCUT2D eigenvalue weighted by Crippen LogP contribution is -2.61. The highest BCUT2D eigenvalue weighted by Gasteiger charge is 2.46. The second-order valence-corrected chi connectivity index (χ2v) is 21.5. The van der Waals surface area contributed by atoms with Gasteiger partial charge in [0.15, 0.2) is 0 Å². The average molecular weight is 1020 g/mol. The molecule has 0 amide bonds. The average Bonchev–Trinajstić information content (AvgIpc) is 3.68. The van der Waals surface area contributed by atoms with Crippen molar-refractivity contribution in [3.63, 3.8) is 0 Å². The Labute approximate surface area is 471 Å². The smallest absolute Gasteiger partial charge is 0.333 e. The molecule has 12 aromatic rings. The number of aryl methyl sites for hydroxylation is 4. The molecule has 0 atom stereocenters. The van der Waals surface area contributed by atoms with Crippen LogP contribution < -0.4 is 25.5 Å². The predicted octanol–water partition coefficient (Wildman–Crippen LogP) is 19.4. The van der Waals surface area contributed by atoms with Gasteiger partial charge in [-0.15, -0.1) is 0 Å². The molecule has 12 aromatic carbocycles. The highest BCUT2D eigenvalue weighted by atomic mass is 15.2. The second-order valence-electron chi connectivity index (χ2n) is 21.5. The van der Waals surface area contributed by atoms with Gasteiger partial charge in [-0.1, -0.05) is 206 Å². The Kier molecular flexibility index (Phi) is 12.2. The van der Waals surface area contributed by atoms with E-state index in [4.69, 9.17) is 0 Å². The summed E-state index contributed by atoms with van der Waals surface area (Å²) in [6.45, 7) is 8.84. The molecular weight excluding hydrogens is 966 g/mol. The van der Waals surface area contributed by atoms with Gasteiger partial charge in [0, 0.05) is 51.1 Å². The SMILES string of the molecule is Cc1cc(C)c(-c2cc3c4c(c2)N(c2ccccc2C)c2cc(-c5ccccc5)ccc2B4N(c2ccc(-c4ccccc4)cc2)c2ccc(N(c4cccc(-c5ccccc5)c4)c4cccc(-c5ccccc5)c4)cc2-3)c(C)c1. The molecule has 0 aliphatic carbocycles. The van der Waals surface area contributed by atoms with Gasteiger partial charge in [-0.05, 0) is 195 Å². The van der Waals surface area contributed by atoms with Gasteiger partial charge in [-0.3, -0.25) is 0 Å². The zero-order valence-corrected chi connectivity index (χ0v) is 45.5. The normalized spacial score (nSPS) is 12.2. The van der Waals surface area contributed by atoms with E-state index in [-0.39, 0.29) is 6.85 Å². The van der Waals surface area contributed by atoms with Crippen molar-refractivity contribution in [2.75, 3.05) is 14.6 Å². The number of fused-ring (bicyclic) bond motifs is 4. The first-order valence-corrected chi connectivity index (χ1v) is 27.8. The predicted molar refractivity (Wildman–Crippen MR) is 341 cm³/mol. The third-order valence-electron chi connectivity index (χ3n) is 16.4. The fourth-order valence-corrected chi connectivity index (χ4v) is 12.8. The monoisotopic (exact) mass is 1020 g/mol. The topological polar surface area (TPSA) is 9.72 Å². The molecule has 380 valence electrons. The van der Waals surface area contributed by atoms with Gasteiger partial charge < -0.3 is 14.6 Å². The van der Waals surface area contributed by atoms with Crippen LogP contribution in [0.2, 0.25) is 0 Å². The van der Waals surface area contributed by atoms with Gasteiger partial charge in [0.2, 0.25) is 0 Å². The molecule has 0 N–H and O–H groups in total. The van der Waals surface area contributed by atoms with E-state index in [1.807, 2.05) is 0 Å². The molecule has 0 bridgehead atoms. The van der Waals surface area contributed by atoms with E-state index >= 15 is 0 Å². The Hall–Kier alpha value is -9.90. The lowest BCUT2D eigenvalue weighted by Gasteiger charge is -2.46. The Morgan fingerprint density at radius 1 is 0.300 bits per heavy atom. The van der Waals surface area contributed by atoms with Gasteiger partial charge in [0.05, 0.1) is 0 Å². The molecule has 0 saturated heterocycles. The molecule has 2 heterocycles. The summed E-state index contributed by atoms with van der Waals surface area (Å²) in [5, 5.41) is 0. The number of hydrogen-bond donors (Lipinski definition) is 0. The summed E-state index contributed by atoms with van der Waals surface area (Å²) in [4.78, 5) is 7.67. The highest BCUT2D eigenvalue weighted by Crippen LogP contribution is 2.51. The second kappa shape index (κ2) is 20.2. The van der Waals surface area contributed by atoms with Crippen molar-refractivity contribution in [1.29, 1.82) is 0 Å². The number of para-hydroxylation sites is 1. The van der Waals surface area contributed by atoms with Crippen molar-refractivity contribution in [1.82, 2.24) is 0 Å². The summed E-state index contributed by atoms with van der Waals surface area (Å²) in [5.74, 6) is 0. The summed E-state index contributed by atoms with van der Waals surface area (Å²) >= 11 is 0. The van der Waals surface area contributed by atoms with Crippen molar-refractivity contribution in [3.05, 3.63) is 301 Å². The number of benzene rings is 12. The fraction of sp³-hybridized carbons (Fsp3) is 0.0526. The van der Waals surface area contributed by atoms with Gasteiger partial charge >= 0.3 is 6.85 Å². The fourth-order valence-electron chi connectivity index (χ4n) is 12.8. The number of hydrogen-bond acceptors (Lipinski definition) is 3. The summed E-state index contributed by atoms with van der Waals surface area (Å²) in [6.07, 6.45) is 0. The van der Waals surface area contributed by atoms with E-state index in [0.717, 1.165) is 45.3 Å². The van der Waals surface area contributed by atoms with Crippen molar-refractivity contribution < 1.29 is 0 Å². The largest absolute Gasteiger partial charge is 0.376 e. The van der Waals surface area contributed by atoms with E-state index < -0.39 is 0 Å². The van der Waals surface area contributed by atoms with Crippen LogP contribution in [0, 0.1) is 27.7 Å². The summed E-state index contributed by atoms with van der Waals surface area (Å²) in [5.41, 5.74) is 30.9. The van der Waals surface area contributed by atoms with Crippen LogP contribution in [-0.4, -0.2) is 6.85 Å². The summed E-state index contributed by atoms with van der Waals surface area (Å²) < 4.78 is 0. The minimum Gasteiger partial charge on any atom is -0.376 e. The molecule has 0 saturated carbocycles. The molecule has 4 heteroatoms. The summed E-state index contributed by atoms with van der Waals surface area (Å²) in [6, 6.07) is 103. The van der Waals surface area contributed by atoms with E-state index in [2.05, 4.69) is 321 Å². The van der Waals surface area contributed by atoms with Crippen molar-refractivity contribution in [3.8, 4) is 66.8 Å². The maximum atomic E-state index is 2.63. The zero-order valence-electron chi connectivity index (χ0n) is 45.5. The minimum atomic E-state index is -0.184. The van der Waals surface area contributed by atoms with Crippen LogP contribution in [0.5, 0.6) is 0 Å². The first kappa shape index (κ1) is 48.5. The van der Waals surface area contributed by atoms with Gasteiger partial charge in [-0.2, -0.15) is 0 Å². The highest BCUT2D eigenvalue weighted by molar-refractivity contribution is 6.93. The van der Waals surface area contributed by atoms with Crippen LogP contribution in [0.25, 0.3) is 66.8 Å². The third-order valence-corrected chi connectivity index (χ3v) is 16.4. The van der Waals surface area contributed by atoms with Crippen molar-refractivity contribution >= 4 is 63.3 Å². The first-order chi connectivity index (χ1) is 39.3. The molecule has 0 fully saturated rings. The third kappa shape index (κ3) is 8.58. The minimum absolute atomic E-state index is 0.184. The van der Waals surface area contributed by atoms with Crippen LogP contribution >= 0.6 is 0 Å². The van der Waals surface area contributed by atoms with E-state index in [1.54, 1.807) is 0 Å². The number of rotatable bonds is 10. The van der Waals surface area contributed by atoms with Crippen molar-refractivity contribution in [2.24, 2.45) is 0 Å². The molecule has 2 aliphatic rings.